The van der Waals surface area contributed by atoms with Gasteiger partial charge in [0, 0.05) is 8.80 Å². The van der Waals surface area contributed by atoms with Crippen LogP contribution < -0.4 is 0 Å². The van der Waals surface area contributed by atoms with Crippen molar-refractivity contribution in [2.24, 2.45) is 0 Å². The van der Waals surface area contributed by atoms with E-state index in [0.717, 1.165) is 0 Å². The molecule has 9 heavy (non-hydrogen) atoms. The Balaban J connectivity index is 3.38. The van der Waals surface area contributed by atoms with Crippen LogP contribution in [0, 0.1) is 0 Å². The average Bonchev–Trinajstić information content (AvgIpc) is 1.63. The van der Waals surface area contributed by atoms with Gasteiger partial charge in [0.25, 0.3) is 0 Å². The molecule has 0 aromatic heterocycles. The molecule has 0 fully saturated rings. The van der Waals surface area contributed by atoms with E-state index in [-0.39, 0.29) is 17.8 Å². The fourth-order valence-electron chi connectivity index (χ4n) is 0.670. The molecule has 1 nitrogen and oxygen atoms in total. The zero-order valence-corrected chi connectivity index (χ0v) is 9.15. The van der Waals surface area contributed by atoms with Crippen LogP contribution in [0.1, 0.15) is 0 Å². The Bertz CT molecular complexity index is 73.5. The van der Waals surface area contributed by atoms with Gasteiger partial charge >= 0.3 is 0 Å². The molecule has 2 radical (unpaired) electrons. The van der Waals surface area contributed by atoms with Crippen LogP contribution in [0.4, 0.5) is 0 Å². The second-order valence-electron chi connectivity index (χ2n) is 3.01. The zero-order chi connectivity index (χ0) is 7.44. The van der Waals surface area contributed by atoms with Crippen molar-refractivity contribution in [3.63, 3.8) is 0 Å². The lowest BCUT2D eigenvalue weighted by molar-refractivity contribution is 0.645. The van der Waals surface area contributed by atoms with E-state index in [1.165, 1.54) is 5.67 Å². The van der Waals surface area contributed by atoms with Gasteiger partial charge in [0.05, 0.1) is 0 Å². The summed E-state index contributed by atoms with van der Waals surface area (Å²) in [6, 6.07) is 0. The van der Waals surface area contributed by atoms with Crippen molar-refractivity contribution < 1.29 is 0 Å². The number of hydrogen-bond donors (Lipinski definition) is 0. The van der Waals surface area contributed by atoms with Gasteiger partial charge in [0.2, 0.25) is 0 Å². The van der Waals surface area contributed by atoms with Gasteiger partial charge in [-0.2, -0.15) is 0 Å². The van der Waals surface area contributed by atoms with Crippen molar-refractivity contribution in [1.82, 2.24) is 4.57 Å². The molecule has 0 aromatic carbocycles. The zero-order valence-electron chi connectivity index (χ0n) is 7.15. The fourth-order valence-corrected chi connectivity index (χ4v) is 6.03. The van der Waals surface area contributed by atoms with Gasteiger partial charge in [-0.3, -0.25) is 0 Å². The molecule has 3 heteroatoms. The topological polar surface area (TPSA) is 3.24 Å². The molecule has 0 saturated heterocycles. The second-order valence-corrected chi connectivity index (χ2v) is 9.21. The summed E-state index contributed by atoms with van der Waals surface area (Å²) in [6.45, 7) is 7.17. The quantitative estimate of drug-likeness (QED) is 0.564. The number of nitrogens with zero attached hydrogens (tertiary/aromatic N) is 1. The van der Waals surface area contributed by atoms with Crippen molar-refractivity contribution in [2.45, 2.75) is 25.3 Å². The van der Waals surface area contributed by atoms with E-state index in [4.69, 9.17) is 0 Å². The summed E-state index contributed by atoms with van der Waals surface area (Å²) >= 11 is 0. The normalized spacial score (nSPS) is 12.0. The van der Waals surface area contributed by atoms with Gasteiger partial charge in [0.1, 0.15) is 8.96 Å². The van der Waals surface area contributed by atoms with Crippen molar-refractivity contribution in [2.75, 3.05) is 14.1 Å². The van der Waals surface area contributed by atoms with Crippen LogP contribution in [0.15, 0.2) is 0 Å². The van der Waals surface area contributed by atoms with Crippen molar-refractivity contribution in [3.05, 3.63) is 0 Å². The lowest BCUT2D eigenvalue weighted by Gasteiger charge is -2.18. The Morgan fingerprint density at radius 2 is 1.56 bits per heavy atom. The molecule has 0 saturated carbocycles. The van der Waals surface area contributed by atoms with Gasteiger partial charge in [-0.15, -0.1) is 0 Å². The molecular formula is C6H17NSi2. The van der Waals surface area contributed by atoms with Gasteiger partial charge in [-0.25, -0.2) is 0 Å². The van der Waals surface area contributed by atoms with E-state index in [0.29, 0.717) is 0 Å². The Morgan fingerprint density at radius 3 is 1.67 bits per heavy atom. The molecule has 0 N–H and O–H groups in total. The monoisotopic (exact) mass is 159 g/mol. The van der Waals surface area contributed by atoms with Gasteiger partial charge in [0.15, 0.2) is 0 Å². The minimum atomic E-state index is -0.128. The van der Waals surface area contributed by atoms with Crippen LogP contribution in [-0.4, -0.2) is 36.4 Å². The summed E-state index contributed by atoms with van der Waals surface area (Å²) < 4.78 is 2.39. The van der Waals surface area contributed by atoms with Crippen molar-refractivity contribution in [1.29, 1.82) is 0 Å². The third-order valence-electron chi connectivity index (χ3n) is 1.37. The van der Waals surface area contributed by atoms with E-state index in [1.807, 2.05) is 0 Å². The summed E-state index contributed by atoms with van der Waals surface area (Å²) in [5, 5.41) is 0. The fraction of sp³-hybridized carbons (Fsp3) is 1.00. The van der Waals surface area contributed by atoms with E-state index in [1.54, 1.807) is 0 Å². The summed E-state index contributed by atoms with van der Waals surface area (Å²) in [7, 11) is 4.28. The molecule has 0 atom stereocenters. The molecule has 0 heterocycles. The smallest absolute Gasteiger partial charge is 0.129 e. The van der Waals surface area contributed by atoms with E-state index in [9.17, 15) is 0 Å². The highest BCUT2D eigenvalue weighted by Gasteiger charge is 2.09. The molecule has 0 aromatic rings. The van der Waals surface area contributed by atoms with Gasteiger partial charge < -0.3 is 4.57 Å². The predicted octanol–water partition coefficient (Wildman–Crippen LogP) is 1.46. The van der Waals surface area contributed by atoms with E-state index < -0.39 is 0 Å². The molecule has 0 aliphatic carbocycles. The molecule has 54 valence electrons. The van der Waals surface area contributed by atoms with Crippen LogP contribution >= 0.6 is 0 Å². The standard InChI is InChI=1S/C6H17NSi2/c1-7(2)9(5)6-8(3)4/h6H2,1-5H3. The summed E-state index contributed by atoms with van der Waals surface area (Å²) in [5.74, 6) is 0. The third-order valence-corrected chi connectivity index (χ3v) is 7.77. The van der Waals surface area contributed by atoms with E-state index in [2.05, 4.69) is 38.3 Å². The Labute approximate surface area is 62.4 Å². The summed E-state index contributed by atoms with van der Waals surface area (Å²) in [5.41, 5.74) is 1.50. The van der Waals surface area contributed by atoms with Crippen molar-refractivity contribution in [3.8, 4) is 0 Å². The van der Waals surface area contributed by atoms with Crippen molar-refractivity contribution >= 4 is 17.8 Å². The Morgan fingerprint density at radius 1 is 1.11 bits per heavy atom. The Kier molecular flexibility index (Phi) is 4.43. The van der Waals surface area contributed by atoms with Crippen LogP contribution in [0.25, 0.3) is 0 Å². The van der Waals surface area contributed by atoms with Crippen LogP contribution in [-0.2, 0) is 0 Å². The third kappa shape index (κ3) is 4.87. The maximum atomic E-state index is 2.39. The van der Waals surface area contributed by atoms with Crippen LogP contribution in [0.2, 0.25) is 25.3 Å². The average molecular weight is 159 g/mol. The molecule has 0 rings (SSSR count). The molecule has 0 aliphatic rings. The number of rotatable bonds is 3. The predicted molar refractivity (Wildman–Crippen MR) is 47.6 cm³/mol. The first-order chi connectivity index (χ1) is 4.04. The minimum Gasteiger partial charge on any atom is -0.330 e. The maximum Gasteiger partial charge on any atom is 0.129 e. The maximum absolute atomic E-state index is 2.39. The first kappa shape index (κ1) is 9.39. The molecular weight excluding hydrogens is 142 g/mol. The molecule has 0 spiro atoms. The lowest BCUT2D eigenvalue weighted by Crippen LogP contribution is -2.32. The molecule has 0 bridgehead atoms. The summed E-state index contributed by atoms with van der Waals surface area (Å²) in [4.78, 5) is 0. The molecule has 0 amide bonds. The first-order valence-electron chi connectivity index (χ1n) is 3.33. The largest absolute Gasteiger partial charge is 0.330 e. The first-order valence-corrected chi connectivity index (χ1v) is 8.19. The number of hydrogen-bond acceptors (Lipinski definition) is 1. The lowest BCUT2D eigenvalue weighted by atomic mass is 11.3. The summed E-state index contributed by atoms with van der Waals surface area (Å²) in [6.07, 6.45) is 0. The van der Waals surface area contributed by atoms with E-state index >= 15 is 0 Å². The highest BCUT2D eigenvalue weighted by Crippen LogP contribution is 1.98. The van der Waals surface area contributed by atoms with Gasteiger partial charge in [-0.1, -0.05) is 25.3 Å². The van der Waals surface area contributed by atoms with Crippen LogP contribution in [0.5, 0.6) is 0 Å². The Hall–Kier alpha value is 0.394. The second kappa shape index (κ2) is 4.25. The highest BCUT2D eigenvalue weighted by molar-refractivity contribution is 6.74. The SMILES string of the molecule is CN(C)[Si](C)C[Si](C)C. The van der Waals surface area contributed by atoms with Crippen LogP contribution in [0.3, 0.4) is 0 Å². The minimum absolute atomic E-state index is 0.0252. The molecule has 0 unspecified atom stereocenters. The molecule has 0 aliphatic heterocycles. The van der Waals surface area contributed by atoms with Gasteiger partial charge in [-0.05, 0) is 14.1 Å². The highest BCUT2D eigenvalue weighted by atomic mass is 28.3.